The van der Waals surface area contributed by atoms with Crippen LogP contribution in [0.15, 0.2) is 12.8 Å². The van der Waals surface area contributed by atoms with Crippen LogP contribution >= 0.6 is 12.6 Å². The third-order valence-corrected chi connectivity index (χ3v) is 3.38. The highest BCUT2D eigenvalue weighted by Gasteiger charge is 2.11. The molecule has 90 valence electrons. The average molecular weight is 230 g/mol. The van der Waals surface area contributed by atoms with Crippen LogP contribution in [-0.2, 0) is 4.74 Å². The van der Waals surface area contributed by atoms with Gasteiger partial charge < -0.3 is 4.74 Å². The van der Waals surface area contributed by atoms with Crippen molar-refractivity contribution in [2.45, 2.75) is 70.1 Å². The number of hydrogen-bond acceptors (Lipinski definition) is 2. The fourth-order valence-electron chi connectivity index (χ4n) is 1.61. The third kappa shape index (κ3) is 8.86. The molecule has 0 radical (unpaired) electrons. The lowest BCUT2D eigenvalue weighted by molar-refractivity contribution is 0.156. The van der Waals surface area contributed by atoms with Gasteiger partial charge in [0.25, 0.3) is 0 Å². The Balaban J connectivity index is 3.30. The van der Waals surface area contributed by atoms with Gasteiger partial charge in [0.05, 0.1) is 6.26 Å². The highest BCUT2D eigenvalue weighted by atomic mass is 32.1. The zero-order valence-electron chi connectivity index (χ0n) is 10.2. The van der Waals surface area contributed by atoms with Gasteiger partial charge >= 0.3 is 0 Å². The quantitative estimate of drug-likeness (QED) is 0.328. The standard InChI is InChI=1S/C13H26OS/c1-4-6-7-8-9-10-11-13(15)12(3)14-5-2/h5,12-13,15H,2,4,6-11H2,1,3H3. The highest BCUT2D eigenvalue weighted by molar-refractivity contribution is 7.81. The number of thiol groups is 1. The number of hydrogen-bond donors (Lipinski definition) is 1. The molecule has 0 aromatic carbocycles. The van der Waals surface area contributed by atoms with Crippen molar-refractivity contribution in [3.8, 4) is 0 Å². The molecule has 1 nitrogen and oxygen atoms in total. The van der Waals surface area contributed by atoms with Crippen LogP contribution in [-0.4, -0.2) is 11.4 Å². The van der Waals surface area contributed by atoms with E-state index >= 15 is 0 Å². The fraction of sp³-hybridized carbons (Fsp3) is 0.846. The Kier molecular flexibility index (Phi) is 10.3. The van der Waals surface area contributed by atoms with Crippen LogP contribution in [0, 0.1) is 0 Å². The van der Waals surface area contributed by atoms with Gasteiger partial charge in [-0.15, -0.1) is 0 Å². The molecule has 0 saturated heterocycles. The van der Waals surface area contributed by atoms with E-state index in [2.05, 4.69) is 33.1 Å². The van der Waals surface area contributed by atoms with Gasteiger partial charge in [-0.2, -0.15) is 12.6 Å². The Morgan fingerprint density at radius 1 is 1.20 bits per heavy atom. The van der Waals surface area contributed by atoms with Crippen molar-refractivity contribution < 1.29 is 4.74 Å². The minimum absolute atomic E-state index is 0.182. The van der Waals surface area contributed by atoms with E-state index in [9.17, 15) is 0 Å². The molecule has 0 aromatic heterocycles. The van der Waals surface area contributed by atoms with E-state index in [0.717, 1.165) is 6.42 Å². The van der Waals surface area contributed by atoms with Crippen LogP contribution < -0.4 is 0 Å². The molecule has 0 amide bonds. The second-order valence-electron chi connectivity index (χ2n) is 4.13. The number of rotatable bonds is 10. The van der Waals surface area contributed by atoms with E-state index in [1.54, 1.807) is 0 Å². The minimum Gasteiger partial charge on any atom is -0.498 e. The van der Waals surface area contributed by atoms with Crippen molar-refractivity contribution in [3.05, 3.63) is 12.8 Å². The van der Waals surface area contributed by atoms with Gasteiger partial charge in [-0.1, -0.05) is 52.0 Å². The summed E-state index contributed by atoms with van der Waals surface area (Å²) in [5.74, 6) is 0. The Bertz CT molecular complexity index is 147. The monoisotopic (exact) mass is 230 g/mol. The van der Waals surface area contributed by atoms with E-state index < -0.39 is 0 Å². The Labute approximate surface area is 101 Å². The Morgan fingerprint density at radius 2 is 1.80 bits per heavy atom. The van der Waals surface area contributed by atoms with Crippen molar-refractivity contribution in [1.29, 1.82) is 0 Å². The molecular weight excluding hydrogens is 204 g/mol. The average Bonchev–Trinajstić information content (AvgIpc) is 2.23. The first-order chi connectivity index (χ1) is 7.22. The minimum atomic E-state index is 0.182. The summed E-state index contributed by atoms with van der Waals surface area (Å²) < 4.78 is 5.29. The van der Waals surface area contributed by atoms with Crippen molar-refractivity contribution in [3.63, 3.8) is 0 Å². The predicted molar refractivity (Wildman–Crippen MR) is 71.5 cm³/mol. The van der Waals surface area contributed by atoms with Gasteiger partial charge in [-0.25, -0.2) is 0 Å². The zero-order chi connectivity index (χ0) is 11.5. The summed E-state index contributed by atoms with van der Waals surface area (Å²) >= 11 is 4.53. The molecule has 0 N–H and O–H groups in total. The summed E-state index contributed by atoms with van der Waals surface area (Å²) in [4.78, 5) is 0. The molecule has 0 bridgehead atoms. The van der Waals surface area contributed by atoms with Gasteiger partial charge in [0.15, 0.2) is 0 Å². The topological polar surface area (TPSA) is 9.23 Å². The first-order valence-corrected chi connectivity index (χ1v) is 6.68. The molecule has 0 saturated carbocycles. The largest absolute Gasteiger partial charge is 0.498 e. The van der Waals surface area contributed by atoms with Crippen LogP contribution in [0.3, 0.4) is 0 Å². The smallest absolute Gasteiger partial charge is 0.107 e. The predicted octanol–water partition coefficient (Wildman–Crippen LogP) is 4.58. The van der Waals surface area contributed by atoms with E-state index in [4.69, 9.17) is 4.74 Å². The highest BCUT2D eigenvalue weighted by Crippen LogP contribution is 2.16. The molecule has 0 rings (SSSR count). The van der Waals surface area contributed by atoms with Crippen molar-refractivity contribution in [1.82, 2.24) is 0 Å². The van der Waals surface area contributed by atoms with E-state index in [1.165, 1.54) is 44.8 Å². The van der Waals surface area contributed by atoms with Crippen LogP contribution in [0.2, 0.25) is 0 Å². The van der Waals surface area contributed by atoms with Gasteiger partial charge in [-0.05, 0) is 13.3 Å². The second kappa shape index (κ2) is 10.4. The normalized spacial score (nSPS) is 14.6. The molecule has 0 aromatic rings. The molecule has 0 aliphatic heterocycles. The van der Waals surface area contributed by atoms with Crippen molar-refractivity contribution >= 4 is 12.6 Å². The number of unbranched alkanes of at least 4 members (excludes halogenated alkanes) is 5. The van der Waals surface area contributed by atoms with Gasteiger partial charge in [-0.3, -0.25) is 0 Å². The molecule has 0 fully saturated rings. The maximum atomic E-state index is 5.29. The Morgan fingerprint density at radius 3 is 2.40 bits per heavy atom. The molecule has 0 aliphatic rings. The summed E-state index contributed by atoms with van der Waals surface area (Å²) in [5.41, 5.74) is 0. The second-order valence-corrected chi connectivity index (χ2v) is 4.79. The molecule has 2 atom stereocenters. The van der Waals surface area contributed by atoms with Gasteiger partial charge in [0.1, 0.15) is 6.10 Å². The maximum Gasteiger partial charge on any atom is 0.107 e. The van der Waals surface area contributed by atoms with Crippen molar-refractivity contribution in [2.24, 2.45) is 0 Å². The lowest BCUT2D eigenvalue weighted by atomic mass is 10.1. The summed E-state index contributed by atoms with van der Waals surface area (Å²) in [5, 5.41) is 0.342. The zero-order valence-corrected chi connectivity index (χ0v) is 11.1. The fourth-order valence-corrected chi connectivity index (χ4v) is 1.86. The van der Waals surface area contributed by atoms with Gasteiger partial charge in [0.2, 0.25) is 0 Å². The third-order valence-electron chi connectivity index (χ3n) is 2.71. The van der Waals surface area contributed by atoms with Crippen LogP contribution in [0.1, 0.15) is 58.8 Å². The SMILES string of the molecule is C=COC(C)C(S)CCCCCCCC. The molecule has 2 heteroatoms. The summed E-state index contributed by atoms with van der Waals surface area (Å²) in [7, 11) is 0. The van der Waals surface area contributed by atoms with Crippen LogP contribution in [0.5, 0.6) is 0 Å². The summed E-state index contributed by atoms with van der Waals surface area (Å²) in [6, 6.07) is 0. The summed E-state index contributed by atoms with van der Waals surface area (Å²) in [6.45, 7) is 7.86. The van der Waals surface area contributed by atoms with E-state index in [-0.39, 0.29) is 6.10 Å². The lowest BCUT2D eigenvalue weighted by Crippen LogP contribution is -2.18. The number of ether oxygens (including phenoxy) is 1. The molecule has 2 unspecified atom stereocenters. The Hall–Kier alpha value is -0.110. The van der Waals surface area contributed by atoms with Crippen molar-refractivity contribution in [2.75, 3.05) is 0 Å². The van der Waals surface area contributed by atoms with Gasteiger partial charge in [0, 0.05) is 5.25 Å². The first kappa shape index (κ1) is 14.9. The summed E-state index contributed by atoms with van der Waals surface area (Å²) in [6.07, 6.45) is 10.9. The molecule has 15 heavy (non-hydrogen) atoms. The lowest BCUT2D eigenvalue weighted by Gasteiger charge is -2.18. The van der Waals surface area contributed by atoms with E-state index in [1.807, 2.05) is 0 Å². The first-order valence-electron chi connectivity index (χ1n) is 6.16. The molecule has 0 aliphatic carbocycles. The van der Waals surface area contributed by atoms with Crippen LogP contribution in [0.4, 0.5) is 0 Å². The van der Waals surface area contributed by atoms with Crippen LogP contribution in [0.25, 0.3) is 0 Å². The molecule has 0 heterocycles. The van der Waals surface area contributed by atoms with E-state index in [0.29, 0.717) is 5.25 Å². The molecular formula is C13H26OS. The maximum absolute atomic E-state index is 5.29. The molecule has 0 spiro atoms.